The van der Waals surface area contributed by atoms with Crippen molar-refractivity contribution in [1.29, 1.82) is 0 Å². The Morgan fingerprint density at radius 1 is 1.26 bits per heavy atom. The molecule has 0 unspecified atom stereocenters. The molecule has 1 N–H and O–H groups in total. The average Bonchev–Trinajstić information content (AvgIpc) is 3.16. The number of ether oxygens (including phenoxy) is 1. The lowest BCUT2D eigenvalue weighted by Gasteiger charge is -2.15. The van der Waals surface area contributed by atoms with Gasteiger partial charge in [-0.3, -0.25) is 9.69 Å². The quantitative estimate of drug-likeness (QED) is 0.566. The zero-order chi connectivity index (χ0) is 22.6. The number of likely N-dealkylation sites (N-methyl/N-ethyl adjacent to an activating group) is 1. The Morgan fingerprint density at radius 2 is 2.03 bits per heavy atom. The first-order chi connectivity index (χ1) is 14.7. The van der Waals surface area contributed by atoms with Crippen molar-refractivity contribution < 1.29 is 27.2 Å². The third-order valence-corrected chi connectivity index (χ3v) is 4.41. The Bertz CT molecular complexity index is 1070. The molecule has 0 saturated heterocycles. The van der Waals surface area contributed by atoms with Crippen molar-refractivity contribution in [3.8, 4) is 17.1 Å². The Balaban J connectivity index is 1.62. The summed E-state index contributed by atoms with van der Waals surface area (Å²) < 4.78 is 49.0. The van der Waals surface area contributed by atoms with Gasteiger partial charge in [-0.2, -0.15) is 18.2 Å². The van der Waals surface area contributed by atoms with Gasteiger partial charge < -0.3 is 14.6 Å². The number of hydrogen-bond acceptors (Lipinski definition) is 6. The fraction of sp³-hybridized carbons (Fsp3) is 0.250. The summed E-state index contributed by atoms with van der Waals surface area (Å²) in [5.74, 6) is 0.314. The van der Waals surface area contributed by atoms with Gasteiger partial charge in [-0.25, -0.2) is 0 Å². The first kappa shape index (κ1) is 22.6. The average molecular weight is 455 g/mol. The van der Waals surface area contributed by atoms with Gasteiger partial charge in [0.2, 0.25) is 17.6 Å². The second-order valence-corrected chi connectivity index (χ2v) is 7.09. The van der Waals surface area contributed by atoms with Crippen LogP contribution in [0.3, 0.4) is 0 Å². The van der Waals surface area contributed by atoms with E-state index in [4.69, 9.17) is 20.9 Å². The van der Waals surface area contributed by atoms with Crippen LogP contribution < -0.4 is 10.1 Å². The van der Waals surface area contributed by atoms with Gasteiger partial charge in [0, 0.05) is 10.6 Å². The van der Waals surface area contributed by atoms with Crippen LogP contribution in [-0.4, -0.2) is 41.6 Å². The number of carbonyl (C=O) groups is 1. The molecule has 0 aliphatic rings. The van der Waals surface area contributed by atoms with Crippen molar-refractivity contribution in [3.05, 3.63) is 58.9 Å². The summed E-state index contributed by atoms with van der Waals surface area (Å²) in [4.78, 5) is 18.1. The number of aromatic nitrogens is 2. The molecule has 2 aromatic carbocycles. The number of methoxy groups -OCH3 is 1. The van der Waals surface area contributed by atoms with E-state index >= 15 is 0 Å². The number of benzene rings is 2. The molecule has 0 fully saturated rings. The van der Waals surface area contributed by atoms with Crippen LogP contribution in [0.15, 0.2) is 47.0 Å². The van der Waals surface area contributed by atoms with Crippen LogP contribution in [-0.2, 0) is 17.5 Å². The number of halogens is 4. The molecule has 7 nitrogen and oxygen atoms in total. The van der Waals surface area contributed by atoms with Crippen molar-refractivity contribution in [2.75, 3.05) is 26.0 Å². The largest absolute Gasteiger partial charge is 0.495 e. The van der Waals surface area contributed by atoms with Gasteiger partial charge >= 0.3 is 6.18 Å². The van der Waals surface area contributed by atoms with Crippen LogP contribution in [0.5, 0.6) is 5.75 Å². The van der Waals surface area contributed by atoms with Gasteiger partial charge in [-0.05, 0) is 37.4 Å². The number of nitrogens with zero attached hydrogens (tertiary/aromatic N) is 3. The van der Waals surface area contributed by atoms with Crippen molar-refractivity contribution in [2.24, 2.45) is 0 Å². The molecule has 1 heterocycles. The monoisotopic (exact) mass is 454 g/mol. The third-order valence-electron chi connectivity index (χ3n) is 4.17. The Hall–Kier alpha value is -3.11. The van der Waals surface area contributed by atoms with Gasteiger partial charge in [0.25, 0.3) is 0 Å². The van der Waals surface area contributed by atoms with E-state index in [-0.39, 0.29) is 36.3 Å². The number of anilines is 1. The van der Waals surface area contributed by atoms with Gasteiger partial charge in [0.1, 0.15) is 5.75 Å². The van der Waals surface area contributed by atoms with Gasteiger partial charge in [-0.15, -0.1) is 0 Å². The summed E-state index contributed by atoms with van der Waals surface area (Å²) >= 11 is 5.95. The molecule has 1 aromatic heterocycles. The third kappa shape index (κ3) is 5.96. The number of hydrogen-bond donors (Lipinski definition) is 1. The van der Waals surface area contributed by atoms with Crippen molar-refractivity contribution in [1.82, 2.24) is 15.0 Å². The molecule has 11 heteroatoms. The molecule has 31 heavy (non-hydrogen) atoms. The van der Waals surface area contributed by atoms with Crippen LogP contribution in [0.25, 0.3) is 11.4 Å². The van der Waals surface area contributed by atoms with Crippen LogP contribution in [0, 0.1) is 0 Å². The molecule has 0 spiro atoms. The molecule has 3 rings (SSSR count). The minimum atomic E-state index is -4.47. The molecular weight excluding hydrogens is 437 g/mol. The predicted octanol–water partition coefficient (Wildman–Crippen LogP) is 4.49. The summed E-state index contributed by atoms with van der Waals surface area (Å²) in [6.45, 7) is 0.100. The highest BCUT2D eigenvalue weighted by Gasteiger charge is 2.30. The Kier molecular flexibility index (Phi) is 6.81. The van der Waals surface area contributed by atoms with E-state index in [1.165, 1.54) is 19.2 Å². The first-order valence-electron chi connectivity index (χ1n) is 8.98. The SMILES string of the molecule is COc1ccc(Cl)cc1NC(=O)CN(C)Cc1nc(-c2cccc(C(F)(F)F)c2)no1. The molecule has 1 amide bonds. The van der Waals surface area contributed by atoms with Gasteiger partial charge in [-0.1, -0.05) is 28.9 Å². The highest BCUT2D eigenvalue weighted by Crippen LogP contribution is 2.31. The number of carbonyl (C=O) groups excluding carboxylic acids is 1. The molecule has 0 aliphatic carbocycles. The number of rotatable bonds is 7. The van der Waals surface area contributed by atoms with E-state index < -0.39 is 11.7 Å². The zero-order valence-electron chi connectivity index (χ0n) is 16.5. The van der Waals surface area contributed by atoms with Crippen molar-refractivity contribution >= 4 is 23.2 Å². The summed E-state index contributed by atoms with van der Waals surface area (Å²) in [7, 11) is 3.13. The maximum absolute atomic E-state index is 12.9. The lowest BCUT2D eigenvalue weighted by atomic mass is 10.1. The smallest absolute Gasteiger partial charge is 0.416 e. The summed E-state index contributed by atoms with van der Waals surface area (Å²) in [6, 6.07) is 9.48. The summed E-state index contributed by atoms with van der Waals surface area (Å²) in [6.07, 6.45) is -4.47. The van der Waals surface area contributed by atoms with Gasteiger partial charge in [0.15, 0.2) is 0 Å². The van der Waals surface area contributed by atoms with E-state index in [0.717, 1.165) is 12.1 Å². The highest BCUT2D eigenvalue weighted by molar-refractivity contribution is 6.31. The lowest BCUT2D eigenvalue weighted by Crippen LogP contribution is -2.30. The number of nitrogens with one attached hydrogen (secondary N) is 1. The molecule has 0 aliphatic heterocycles. The van der Waals surface area contributed by atoms with Crippen LogP contribution in [0.2, 0.25) is 5.02 Å². The topological polar surface area (TPSA) is 80.5 Å². The van der Waals surface area contributed by atoms with Gasteiger partial charge in [0.05, 0.1) is 31.5 Å². The molecule has 0 bridgehead atoms. The van der Waals surface area contributed by atoms with E-state index in [9.17, 15) is 18.0 Å². The van der Waals surface area contributed by atoms with E-state index in [1.54, 1.807) is 30.1 Å². The fourth-order valence-corrected chi connectivity index (χ4v) is 2.94. The van der Waals surface area contributed by atoms with E-state index in [1.807, 2.05) is 0 Å². The maximum Gasteiger partial charge on any atom is 0.416 e. The van der Waals surface area contributed by atoms with Crippen molar-refractivity contribution in [3.63, 3.8) is 0 Å². The van der Waals surface area contributed by atoms with Crippen molar-refractivity contribution in [2.45, 2.75) is 12.7 Å². The maximum atomic E-state index is 12.9. The standard InChI is InChI=1S/C20H18ClF3N4O3/c1-28(10-17(29)25-15-9-14(21)6-7-16(15)30-2)11-18-26-19(27-31-18)12-4-3-5-13(8-12)20(22,23)24/h3-9H,10-11H2,1-2H3,(H,25,29). The van der Waals surface area contributed by atoms with E-state index in [2.05, 4.69) is 15.5 Å². The zero-order valence-corrected chi connectivity index (χ0v) is 17.3. The predicted molar refractivity (Wildman–Crippen MR) is 108 cm³/mol. The second-order valence-electron chi connectivity index (χ2n) is 6.66. The molecule has 164 valence electrons. The first-order valence-corrected chi connectivity index (χ1v) is 9.35. The number of alkyl halides is 3. The molecule has 0 saturated carbocycles. The second kappa shape index (κ2) is 9.36. The Morgan fingerprint density at radius 3 is 2.74 bits per heavy atom. The number of amides is 1. The fourth-order valence-electron chi connectivity index (χ4n) is 2.77. The van der Waals surface area contributed by atoms with Crippen LogP contribution >= 0.6 is 11.6 Å². The molecule has 0 atom stereocenters. The summed E-state index contributed by atoms with van der Waals surface area (Å²) in [5, 5.41) is 6.88. The normalized spacial score (nSPS) is 11.6. The van der Waals surface area contributed by atoms with E-state index in [0.29, 0.717) is 16.5 Å². The minimum Gasteiger partial charge on any atom is -0.495 e. The minimum absolute atomic E-state index is 0.0169. The molecular formula is C20H18ClF3N4O3. The van der Waals surface area contributed by atoms with Crippen LogP contribution in [0.1, 0.15) is 11.5 Å². The molecule has 3 aromatic rings. The molecule has 0 radical (unpaired) electrons. The lowest BCUT2D eigenvalue weighted by molar-refractivity contribution is -0.137. The summed E-state index contributed by atoms with van der Waals surface area (Å²) in [5.41, 5.74) is -0.196. The van der Waals surface area contributed by atoms with Crippen LogP contribution in [0.4, 0.5) is 18.9 Å². The Labute approximate surface area is 180 Å². The highest BCUT2D eigenvalue weighted by atomic mass is 35.5.